The molecule has 1 amide bonds. The van der Waals surface area contributed by atoms with E-state index in [4.69, 9.17) is 5.11 Å². The zero-order valence-corrected chi connectivity index (χ0v) is 11.6. The lowest BCUT2D eigenvalue weighted by Gasteiger charge is -2.07. The molecule has 1 aromatic heterocycles. The number of nitrogens with zero attached hydrogens (tertiary/aromatic N) is 3. The Hall–Kier alpha value is -2.72. The maximum absolute atomic E-state index is 12.2. The lowest BCUT2D eigenvalue weighted by molar-refractivity contribution is 0.0949. The molecule has 0 bridgehead atoms. The van der Waals surface area contributed by atoms with Crippen LogP contribution in [0.5, 0.6) is 0 Å². The first-order chi connectivity index (χ1) is 10.2. The van der Waals surface area contributed by atoms with Crippen LogP contribution in [0.3, 0.4) is 0 Å². The monoisotopic (exact) mass is 285 g/mol. The molecule has 2 aromatic rings. The summed E-state index contributed by atoms with van der Waals surface area (Å²) < 4.78 is 0. The first-order valence-electron chi connectivity index (χ1n) is 6.42. The fraction of sp³-hybridized carbons (Fsp3) is 0.286. The van der Waals surface area contributed by atoms with Crippen LogP contribution in [-0.4, -0.2) is 38.2 Å². The van der Waals surface area contributed by atoms with Crippen molar-refractivity contribution in [3.63, 3.8) is 0 Å². The van der Waals surface area contributed by atoms with Crippen molar-refractivity contribution in [2.24, 2.45) is 0 Å². The van der Waals surface area contributed by atoms with Gasteiger partial charge in [-0.2, -0.15) is 5.21 Å². The van der Waals surface area contributed by atoms with Crippen LogP contribution in [0.2, 0.25) is 0 Å². The number of aromatic nitrogens is 4. The molecule has 0 fully saturated rings. The van der Waals surface area contributed by atoms with Crippen LogP contribution in [0.4, 0.5) is 0 Å². The highest BCUT2D eigenvalue weighted by Crippen LogP contribution is 2.13. The molecule has 21 heavy (non-hydrogen) atoms. The van der Waals surface area contributed by atoms with Gasteiger partial charge < -0.3 is 10.4 Å². The molecule has 108 valence electrons. The third kappa shape index (κ3) is 3.87. The SMILES string of the molecule is Cc1c(C#CCCO)cccc1C(=O)NCc1nn[nH]n1. The maximum atomic E-state index is 12.2. The van der Waals surface area contributed by atoms with E-state index < -0.39 is 0 Å². The standard InChI is InChI=1S/C14H15N5O2/c1-10-11(5-2-3-8-20)6-4-7-12(10)14(21)15-9-13-16-18-19-17-13/h4,6-7,20H,3,8-9H2,1H3,(H,15,21)(H,16,17,18,19). The lowest BCUT2D eigenvalue weighted by Crippen LogP contribution is -2.24. The number of aliphatic hydroxyl groups is 1. The van der Waals surface area contributed by atoms with E-state index >= 15 is 0 Å². The van der Waals surface area contributed by atoms with Crippen LogP contribution in [0.15, 0.2) is 18.2 Å². The Kier molecular flexibility index (Phi) is 5.01. The second-order valence-corrected chi connectivity index (χ2v) is 4.26. The van der Waals surface area contributed by atoms with Crippen LogP contribution in [-0.2, 0) is 6.54 Å². The van der Waals surface area contributed by atoms with Gasteiger partial charge in [-0.15, -0.1) is 10.2 Å². The third-order valence-corrected chi connectivity index (χ3v) is 2.83. The molecule has 2 rings (SSSR count). The van der Waals surface area contributed by atoms with Gasteiger partial charge in [-0.3, -0.25) is 4.79 Å². The van der Waals surface area contributed by atoms with E-state index in [1.807, 2.05) is 13.0 Å². The molecule has 0 saturated heterocycles. The quantitative estimate of drug-likeness (QED) is 0.695. The average Bonchev–Trinajstić information content (AvgIpc) is 3.00. The van der Waals surface area contributed by atoms with E-state index in [1.165, 1.54) is 0 Å². The number of aliphatic hydroxyl groups excluding tert-OH is 1. The molecule has 7 nitrogen and oxygen atoms in total. The molecule has 0 saturated carbocycles. The minimum Gasteiger partial charge on any atom is -0.395 e. The number of hydrogen-bond donors (Lipinski definition) is 3. The summed E-state index contributed by atoms with van der Waals surface area (Å²) in [5.41, 5.74) is 2.12. The van der Waals surface area contributed by atoms with Gasteiger partial charge in [0.05, 0.1) is 13.2 Å². The summed E-state index contributed by atoms with van der Waals surface area (Å²) in [7, 11) is 0. The lowest BCUT2D eigenvalue weighted by atomic mass is 10.0. The highest BCUT2D eigenvalue weighted by molar-refractivity contribution is 5.96. The fourth-order valence-corrected chi connectivity index (χ4v) is 1.74. The molecule has 0 radical (unpaired) electrons. The molecule has 0 aliphatic rings. The Morgan fingerprint density at radius 3 is 3.05 bits per heavy atom. The van der Waals surface area contributed by atoms with Crippen LogP contribution >= 0.6 is 0 Å². The third-order valence-electron chi connectivity index (χ3n) is 2.83. The van der Waals surface area contributed by atoms with Gasteiger partial charge >= 0.3 is 0 Å². The largest absolute Gasteiger partial charge is 0.395 e. The number of benzene rings is 1. The number of aromatic amines is 1. The summed E-state index contributed by atoms with van der Waals surface area (Å²) in [5, 5.41) is 24.7. The molecule has 1 aromatic carbocycles. The number of carbonyl (C=O) groups is 1. The number of nitrogens with one attached hydrogen (secondary N) is 2. The Morgan fingerprint density at radius 1 is 1.48 bits per heavy atom. The van der Waals surface area contributed by atoms with E-state index in [-0.39, 0.29) is 19.1 Å². The first-order valence-corrected chi connectivity index (χ1v) is 6.42. The molecule has 0 spiro atoms. The minimum absolute atomic E-state index is 0.0247. The van der Waals surface area contributed by atoms with E-state index in [9.17, 15) is 4.79 Å². The van der Waals surface area contributed by atoms with Crippen molar-refractivity contribution in [3.8, 4) is 11.8 Å². The Balaban J connectivity index is 2.10. The molecular formula is C14H15N5O2. The van der Waals surface area contributed by atoms with Crippen molar-refractivity contribution in [3.05, 3.63) is 40.7 Å². The Morgan fingerprint density at radius 2 is 2.33 bits per heavy atom. The zero-order chi connectivity index (χ0) is 15.1. The van der Waals surface area contributed by atoms with E-state index in [0.29, 0.717) is 17.8 Å². The number of hydrogen-bond acceptors (Lipinski definition) is 5. The van der Waals surface area contributed by atoms with Crippen molar-refractivity contribution >= 4 is 5.91 Å². The van der Waals surface area contributed by atoms with Crippen LogP contribution in [0.1, 0.15) is 33.7 Å². The van der Waals surface area contributed by atoms with E-state index in [1.54, 1.807) is 12.1 Å². The molecule has 0 unspecified atom stereocenters. The zero-order valence-electron chi connectivity index (χ0n) is 11.6. The van der Waals surface area contributed by atoms with Crippen molar-refractivity contribution in [1.29, 1.82) is 0 Å². The summed E-state index contributed by atoms with van der Waals surface area (Å²) in [6.07, 6.45) is 0.410. The fourth-order valence-electron chi connectivity index (χ4n) is 1.74. The predicted molar refractivity (Wildman–Crippen MR) is 75.1 cm³/mol. The minimum atomic E-state index is -0.219. The van der Waals surface area contributed by atoms with Crippen LogP contribution in [0.25, 0.3) is 0 Å². The van der Waals surface area contributed by atoms with Crippen molar-refractivity contribution < 1.29 is 9.90 Å². The van der Waals surface area contributed by atoms with Crippen LogP contribution in [0, 0.1) is 18.8 Å². The van der Waals surface area contributed by atoms with Crippen molar-refractivity contribution in [2.45, 2.75) is 19.9 Å². The van der Waals surface area contributed by atoms with Gasteiger partial charge in [0.25, 0.3) is 5.91 Å². The van der Waals surface area contributed by atoms with Gasteiger partial charge in [0, 0.05) is 17.5 Å². The van der Waals surface area contributed by atoms with E-state index in [2.05, 4.69) is 37.8 Å². The molecular weight excluding hydrogens is 270 g/mol. The number of rotatable bonds is 4. The number of H-pyrrole nitrogens is 1. The Bertz CT molecular complexity index is 670. The molecule has 0 aliphatic heterocycles. The molecule has 1 heterocycles. The highest BCUT2D eigenvalue weighted by atomic mass is 16.2. The topological polar surface area (TPSA) is 104 Å². The predicted octanol–water partition coefficient (Wildman–Crippen LogP) is 0.172. The second-order valence-electron chi connectivity index (χ2n) is 4.26. The summed E-state index contributed by atoms with van der Waals surface area (Å²) in [6.45, 7) is 2.07. The number of amides is 1. The summed E-state index contributed by atoms with van der Waals surface area (Å²) >= 11 is 0. The maximum Gasteiger partial charge on any atom is 0.251 e. The van der Waals surface area contributed by atoms with Gasteiger partial charge in [0.15, 0.2) is 5.82 Å². The van der Waals surface area contributed by atoms with Gasteiger partial charge in [0.1, 0.15) is 0 Å². The number of carbonyl (C=O) groups excluding carboxylic acids is 1. The first kappa shape index (κ1) is 14.7. The van der Waals surface area contributed by atoms with Crippen molar-refractivity contribution in [1.82, 2.24) is 25.9 Å². The normalized spacial score (nSPS) is 9.81. The summed E-state index contributed by atoms with van der Waals surface area (Å²) in [4.78, 5) is 12.2. The molecule has 0 aliphatic carbocycles. The summed E-state index contributed by atoms with van der Waals surface area (Å²) in [6, 6.07) is 5.35. The molecule has 7 heteroatoms. The van der Waals surface area contributed by atoms with Gasteiger partial charge in [-0.1, -0.05) is 23.1 Å². The smallest absolute Gasteiger partial charge is 0.251 e. The van der Waals surface area contributed by atoms with Crippen LogP contribution < -0.4 is 5.32 Å². The highest BCUT2D eigenvalue weighted by Gasteiger charge is 2.11. The average molecular weight is 285 g/mol. The second kappa shape index (κ2) is 7.17. The molecule has 0 atom stereocenters. The van der Waals surface area contributed by atoms with Crippen molar-refractivity contribution in [2.75, 3.05) is 6.61 Å². The van der Waals surface area contributed by atoms with Gasteiger partial charge in [0.2, 0.25) is 0 Å². The number of tetrazole rings is 1. The van der Waals surface area contributed by atoms with Gasteiger partial charge in [-0.05, 0) is 24.6 Å². The Labute approximate surface area is 121 Å². The van der Waals surface area contributed by atoms with Gasteiger partial charge in [-0.25, -0.2) is 0 Å². The summed E-state index contributed by atoms with van der Waals surface area (Å²) in [5.74, 6) is 5.99. The molecule has 3 N–H and O–H groups in total. The van der Waals surface area contributed by atoms with E-state index in [0.717, 1.165) is 11.1 Å².